The van der Waals surface area contributed by atoms with Crippen molar-refractivity contribution in [3.05, 3.63) is 35.4 Å². The molecule has 102 valence electrons. The average molecular weight is 260 g/mol. The molecule has 0 fully saturated rings. The van der Waals surface area contributed by atoms with Gasteiger partial charge in [-0.05, 0) is 19.1 Å². The summed E-state index contributed by atoms with van der Waals surface area (Å²) in [6.07, 6.45) is -0.641. The van der Waals surface area contributed by atoms with Gasteiger partial charge in [0.2, 0.25) is 0 Å². The van der Waals surface area contributed by atoms with Gasteiger partial charge in [0.15, 0.2) is 6.29 Å². The topological polar surface area (TPSA) is 38.7 Å². The van der Waals surface area contributed by atoms with Gasteiger partial charge in [-0.3, -0.25) is 0 Å². The van der Waals surface area contributed by atoms with Crippen LogP contribution in [0.4, 0.5) is 8.78 Å². The number of halogens is 2. The number of benzene rings is 1. The Morgan fingerprint density at radius 2 is 1.72 bits per heavy atom. The molecule has 1 atom stereocenters. The molecular formula is C13H18F2O3. The van der Waals surface area contributed by atoms with E-state index in [1.807, 2.05) is 0 Å². The van der Waals surface area contributed by atoms with Crippen LogP contribution >= 0.6 is 0 Å². The Kier molecular flexibility index (Phi) is 5.19. The van der Waals surface area contributed by atoms with Crippen molar-refractivity contribution in [3.8, 4) is 0 Å². The summed E-state index contributed by atoms with van der Waals surface area (Å²) in [6, 6.07) is 3.62. The second-order valence-electron chi connectivity index (χ2n) is 4.48. The Morgan fingerprint density at radius 1 is 1.22 bits per heavy atom. The molecule has 0 saturated heterocycles. The summed E-state index contributed by atoms with van der Waals surface area (Å²) in [7, 11) is 2.88. The molecule has 1 aromatic rings. The van der Waals surface area contributed by atoms with Crippen molar-refractivity contribution in [3.63, 3.8) is 0 Å². The van der Waals surface area contributed by atoms with Gasteiger partial charge in [0.25, 0.3) is 0 Å². The molecule has 1 N–H and O–H groups in total. The molecule has 1 rings (SSSR count). The highest BCUT2D eigenvalue weighted by Gasteiger charge is 2.28. The fraction of sp³-hybridized carbons (Fsp3) is 0.538. The van der Waals surface area contributed by atoms with Gasteiger partial charge >= 0.3 is 0 Å². The molecule has 0 aromatic heterocycles. The van der Waals surface area contributed by atoms with Crippen molar-refractivity contribution in [2.45, 2.75) is 31.7 Å². The molecule has 0 aliphatic heterocycles. The summed E-state index contributed by atoms with van der Waals surface area (Å²) in [5, 5.41) is 10.2. The third-order valence-electron chi connectivity index (χ3n) is 2.75. The molecule has 0 aliphatic rings. The van der Waals surface area contributed by atoms with Gasteiger partial charge < -0.3 is 14.6 Å². The Labute approximate surface area is 105 Å². The average Bonchev–Trinajstić information content (AvgIpc) is 2.31. The zero-order valence-corrected chi connectivity index (χ0v) is 10.7. The zero-order chi connectivity index (χ0) is 13.8. The second kappa shape index (κ2) is 6.22. The summed E-state index contributed by atoms with van der Waals surface area (Å²) in [5.41, 5.74) is -1.45. The van der Waals surface area contributed by atoms with Crippen LogP contribution in [0.3, 0.4) is 0 Å². The lowest BCUT2D eigenvalue weighted by Gasteiger charge is -2.27. The summed E-state index contributed by atoms with van der Waals surface area (Å²) in [5.74, 6) is -1.33. The van der Waals surface area contributed by atoms with E-state index in [2.05, 4.69) is 0 Å². The SMILES string of the molecule is COC(CC(C)(O)Cc1c(F)cccc1F)OC. The predicted octanol–water partition coefficient (Wildman–Crippen LogP) is 2.27. The van der Waals surface area contributed by atoms with Crippen LogP contribution in [-0.2, 0) is 15.9 Å². The van der Waals surface area contributed by atoms with E-state index in [0.29, 0.717) is 0 Å². The summed E-state index contributed by atoms with van der Waals surface area (Å²) in [6.45, 7) is 1.49. The maximum Gasteiger partial charge on any atom is 0.159 e. The minimum absolute atomic E-state index is 0.119. The van der Waals surface area contributed by atoms with Crippen molar-refractivity contribution in [2.75, 3.05) is 14.2 Å². The third-order valence-corrected chi connectivity index (χ3v) is 2.75. The highest BCUT2D eigenvalue weighted by molar-refractivity contribution is 5.21. The second-order valence-corrected chi connectivity index (χ2v) is 4.48. The molecule has 3 nitrogen and oxygen atoms in total. The van der Waals surface area contributed by atoms with Gasteiger partial charge in [-0.1, -0.05) is 6.07 Å². The Hall–Kier alpha value is -1.04. The first-order chi connectivity index (χ1) is 8.39. The standard InChI is InChI=1S/C13H18F2O3/c1-13(16,8-12(17-2)18-3)7-9-10(14)5-4-6-11(9)15/h4-6,12,16H,7-8H2,1-3H3. The molecule has 18 heavy (non-hydrogen) atoms. The lowest BCUT2D eigenvalue weighted by atomic mass is 9.92. The van der Waals surface area contributed by atoms with E-state index in [4.69, 9.17) is 9.47 Å². The number of methoxy groups -OCH3 is 2. The smallest absolute Gasteiger partial charge is 0.159 e. The minimum Gasteiger partial charge on any atom is -0.390 e. The molecule has 0 heterocycles. The van der Waals surface area contributed by atoms with E-state index in [1.165, 1.54) is 39.3 Å². The first-order valence-corrected chi connectivity index (χ1v) is 5.60. The van der Waals surface area contributed by atoms with Gasteiger partial charge in [-0.15, -0.1) is 0 Å². The number of ether oxygens (including phenoxy) is 2. The minimum atomic E-state index is -1.32. The fourth-order valence-corrected chi connectivity index (χ4v) is 1.78. The van der Waals surface area contributed by atoms with Gasteiger partial charge in [-0.2, -0.15) is 0 Å². The fourth-order valence-electron chi connectivity index (χ4n) is 1.78. The summed E-state index contributed by atoms with van der Waals surface area (Å²) >= 11 is 0. The largest absolute Gasteiger partial charge is 0.390 e. The van der Waals surface area contributed by atoms with Crippen molar-refractivity contribution in [1.82, 2.24) is 0 Å². The van der Waals surface area contributed by atoms with E-state index in [-0.39, 0.29) is 18.4 Å². The molecule has 1 unspecified atom stereocenters. The van der Waals surface area contributed by atoms with Gasteiger partial charge in [0.1, 0.15) is 11.6 Å². The van der Waals surface area contributed by atoms with Crippen molar-refractivity contribution in [1.29, 1.82) is 0 Å². The Morgan fingerprint density at radius 3 is 2.17 bits per heavy atom. The van der Waals surface area contributed by atoms with Crippen LogP contribution in [0, 0.1) is 11.6 Å². The molecular weight excluding hydrogens is 242 g/mol. The van der Waals surface area contributed by atoms with Crippen LogP contribution < -0.4 is 0 Å². The maximum atomic E-state index is 13.5. The molecule has 1 aromatic carbocycles. The highest BCUT2D eigenvalue weighted by atomic mass is 19.1. The first-order valence-electron chi connectivity index (χ1n) is 5.60. The molecule has 0 bridgehead atoms. The van der Waals surface area contributed by atoms with Crippen LogP contribution in [0.5, 0.6) is 0 Å². The molecule has 0 aliphatic carbocycles. The quantitative estimate of drug-likeness (QED) is 0.797. The number of hydrogen-bond acceptors (Lipinski definition) is 3. The van der Waals surface area contributed by atoms with Crippen molar-refractivity contribution in [2.24, 2.45) is 0 Å². The predicted molar refractivity (Wildman–Crippen MR) is 63.1 cm³/mol. The van der Waals surface area contributed by atoms with E-state index in [0.717, 1.165) is 0 Å². The van der Waals surface area contributed by atoms with Crippen molar-refractivity contribution < 1.29 is 23.4 Å². The normalized spacial score (nSPS) is 14.8. The number of rotatable bonds is 6. The molecule has 0 radical (unpaired) electrons. The molecule has 0 amide bonds. The Balaban J connectivity index is 2.81. The van der Waals surface area contributed by atoms with Crippen molar-refractivity contribution >= 4 is 0 Å². The van der Waals surface area contributed by atoms with E-state index in [1.54, 1.807) is 0 Å². The van der Waals surface area contributed by atoms with E-state index >= 15 is 0 Å². The monoisotopic (exact) mass is 260 g/mol. The van der Waals surface area contributed by atoms with Crippen LogP contribution in [0.2, 0.25) is 0 Å². The first kappa shape index (κ1) is 15.0. The van der Waals surface area contributed by atoms with Crippen LogP contribution in [0.15, 0.2) is 18.2 Å². The van der Waals surface area contributed by atoms with Crippen LogP contribution in [0.1, 0.15) is 18.9 Å². The van der Waals surface area contributed by atoms with Crippen LogP contribution in [0.25, 0.3) is 0 Å². The lowest BCUT2D eigenvalue weighted by molar-refractivity contribution is -0.140. The van der Waals surface area contributed by atoms with Gasteiger partial charge in [0.05, 0.1) is 5.60 Å². The Bertz CT molecular complexity index is 370. The zero-order valence-electron chi connectivity index (χ0n) is 10.7. The molecule has 0 spiro atoms. The number of aliphatic hydroxyl groups is 1. The maximum absolute atomic E-state index is 13.5. The number of hydrogen-bond donors (Lipinski definition) is 1. The van der Waals surface area contributed by atoms with Gasteiger partial charge in [0, 0.05) is 32.6 Å². The van der Waals surface area contributed by atoms with Gasteiger partial charge in [-0.25, -0.2) is 8.78 Å². The lowest BCUT2D eigenvalue weighted by Crippen LogP contribution is -2.34. The van der Waals surface area contributed by atoms with Crippen LogP contribution in [-0.4, -0.2) is 31.2 Å². The summed E-state index contributed by atoms with van der Waals surface area (Å²) in [4.78, 5) is 0. The van der Waals surface area contributed by atoms with E-state index in [9.17, 15) is 13.9 Å². The molecule has 5 heteroatoms. The summed E-state index contributed by atoms with van der Waals surface area (Å²) < 4.78 is 36.9. The highest BCUT2D eigenvalue weighted by Crippen LogP contribution is 2.23. The molecule has 0 saturated carbocycles. The van der Waals surface area contributed by atoms with E-state index < -0.39 is 23.5 Å². The third kappa shape index (κ3) is 4.01.